The number of thiocarbonyl (C=S) groups is 1. The summed E-state index contributed by atoms with van der Waals surface area (Å²) in [5.74, 6) is 0.882. The van der Waals surface area contributed by atoms with Crippen LogP contribution in [0.5, 0.6) is 5.75 Å². The molecule has 0 bridgehead atoms. The van der Waals surface area contributed by atoms with Crippen molar-refractivity contribution in [3.63, 3.8) is 0 Å². The molecule has 134 valence electrons. The topological polar surface area (TPSA) is 37.7 Å². The number of benzene rings is 2. The molecule has 5 heteroatoms. The molecule has 3 N–H and O–H groups in total. The molecule has 0 saturated heterocycles. The Hall–Kier alpha value is -2.11. The molecule has 0 heterocycles. The van der Waals surface area contributed by atoms with Gasteiger partial charge in [0.1, 0.15) is 11.8 Å². The highest BCUT2D eigenvalue weighted by atomic mass is 32.1. The van der Waals surface area contributed by atoms with Crippen LogP contribution in [0.15, 0.2) is 54.6 Å². The molecular weight excluding hydrogens is 330 g/mol. The zero-order chi connectivity index (χ0) is 18.1. The van der Waals surface area contributed by atoms with Gasteiger partial charge in [-0.3, -0.25) is 0 Å². The summed E-state index contributed by atoms with van der Waals surface area (Å²) in [5.41, 5.74) is 2.55. The van der Waals surface area contributed by atoms with Crippen molar-refractivity contribution in [2.75, 3.05) is 34.3 Å². The molecule has 0 amide bonds. The van der Waals surface area contributed by atoms with Crippen LogP contribution in [-0.4, -0.2) is 39.4 Å². The highest BCUT2D eigenvalue weighted by Crippen LogP contribution is 2.16. The Morgan fingerprint density at radius 3 is 2.52 bits per heavy atom. The lowest BCUT2D eigenvalue weighted by molar-refractivity contribution is -0.890. The number of hydrogen-bond acceptors (Lipinski definition) is 2. The minimum absolute atomic E-state index is 0.295. The van der Waals surface area contributed by atoms with E-state index in [1.807, 2.05) is 18.2 Å². The van der Waals surface area contributed by atoms with E-state index in [-0.39, 0.29) is 0 Å². The summed E-state index contributed by atoms with van der Waals surface area (Å²) < 4.78 is 5.34. The number of quaternary nitrogens is 1. The molecule has 0 aliphatic rings. The molecule has 0 unspecified atom stereocenters. The van der Waals surface area contributed by atoms with Crippen LogP contribution in [0.3, 0.4) is 0 Å². The van der Waals surface area contributed by atoms with Crippen LogP contribution in [0.1, 0.15) is 17.2 Å². The summed E-state index contributed by atoms with van der Waals surface area (Å²) in [5, 5.41) is 7.33. The third-order valence-corrected chi connectivity index (χ3v) is 4.49. The van der Waals surface area contributed by atoms with Gasteiger partial charge in [0.15, 0.2) is 5.11 Å². The van der Waals surface area contributed by atoms with Gasteiger partial charge in [-0.1, -0.05) is 42.5 Å². The molecule has 4 nitrogen and oxygen atoms in total. The van der Waals surface area contributed by atoms with Crippen LogP contribution >= 0.6 is 12.2 Å². The van der Waals surface area contributed by atoms with Gasteiger partial charge >= 0.3 is 0 Å². The summed E-state index contributed by atoms with van der Waals surface area (Å²) in [6, 6.07) is 18.9. The van der Waals surface area contributed by atoms with Crippen molar-refractivity contribution < 1.29 is 9.64 Å². The van der Waals surface area contributed by atoms with Crippen LogP contribution in [0, 0.1) is 0 Å². The first-order valence-corrected chi connectivity index (χ1v) is 9.00. The van der Waals surface area contributed by atoms with Gasteiger partial charge in [0.25, 0.3) is 0 Å². The van der Waals surface area contributed by atoms with Crippen molar-refractivity contribution in [1.29, 1.82) is 0 Å². The minimum atomic E-state index is 0.295. The predicted molar refractivity (Wildman–Crippen MR) is 107 cm³/mol. The summed E-state index contributed by atoms with van der Waals surface area (Å²) in [6.45, 7) is 1.60. The third kappa shape index (κ3) is 6.36. The second-order valence-electron chi connectivity index (χ2n) is 6.28. The van der Waals surface area contributed by atoms with Crippen molar-refractivity contribution >= 4 is 17.3 Å². The van der Waals surface area contributed by atoms with Gasteiger partial charge in [-0.2, -0.15) is 0 Å². The van der Waals surface area contributed by atoms with E-state index in [0.29, 0.717) is 11.2 Å². The van der Waals surface area contributed by atoms with E-state index in [4.69, 9.17) is 17.0 Å². The first-order valence-electron chi connectivity index (χ1n) is 8.59. The quantitative estimate of drug-likeness (QED) is 0.627. The maximum Gasteiger partial charge on any atom is 0.166 e. The van der Waals surface area contributed by atoms with Crippen molar-refractivity contribution in [1.82, 2.24) is 10.6 Å². The Labute approximate surface area is 156 Å². The lowest BCUT2D eigenvalue weighted by atomic mass is 10.1. The number of ether oxygens (including phenoxy) is 1. The zero-order valence-electron chi connectivity index (χ0n) is 15.2. The number of hydrogen-bond donors (Lipinski definition) is 3. The van der Waals surface area contributed by atoms with E-state index < -0.39 is 0 Å². The molecular formula is C20H28N3OS+. The van der Waals surface area contributed by atoms with Gasteiger partial charge < -0.3 is 20.3 Å². The summed E-state index contributed by atoms with van der Waals surface area (Å²) in [6.07, 6.45) is 0.959. The Morgan fingerprint density at radius 1 is 1.08 bits per heavy atom. The first-order chi connectivity index (χ1) is 12.1. The lowest BCUT2D eigenvalue weighted by Crippen LogP contribution is -3.07. The monoisotopic (exact) mass is 358 g/mol. The minimum Gasteiger partial charge on any atom is -0.497 e. The lowest BCUT2D eigenvalue weighted by Gasteiger charge is -2.23. The largest absolute Gasteiger partial charge is 0.497 e. The number of rotatable bonds is 8. The van der Waals surface area contributed by atoms with Gasteiger partial charge in [-0.05, 0) is 36.3 Å². The molecule has 2 aromatic rings. The molecule has 0 aliphatic heterocycles. The van der Waals surface area contributed by atoms with Gasteiger partial charge in [0, 0.05) is 12.1 Å². The van der Waals surface area contributed by atoms with Crippen molar-refractivity contribution in [3.05, 3.63) is 65.7 Å². The summed E-state index contributed by atoms with van der Waals surface area (Å²) in [7, 11) is 6.00. The van der Waals surface area contributed by atoms with Crippen molar-refractivity contribution in [2.24, 2.45) is 0 Å². The SMILES string of the molecule is COc1cccc([C@@H](CNC(=S)NCCc2ccccc2)[NH+](C)C)c1. The van der Waals surface area contributed by atoms with E-state index in [1.54, 1.807) is 7.11 Å². The number of methoxy groups -OCH3 is 1. The maximum absolute atomic E-state index is 5.42. The Morgan fingerprint density at radius 2 is 1.84 bits per heavy atom. The van der Waals surface area contributed by atoms with E-state index in [9.17, 15) is 0 Å². The molecule has 0 aliphatic carbocycles. The van der Waals surface area contributed by atoms with Gasteiger partial charge in [0.05, 0.1) is 27.7 Å². The maximum atomic E-state index is 5.42. The highest BCUT2D eigenvalue weighted by molar-refractivity contribution is 7.80. The molecule has 0 saturated carbocycles. The smallest absolute Gasteiger partial charge is 0.166 e. The van der Waals surface area contributed by atoms with Crippen molar-refractivity contribution in [3.8, 4) is 5.75 Å². The van der Waals surface area contributed by atoms with Gasteiger partial charge in [0.2, 0.25) is 0 Å². The average Bonchev–Trinajstić information content (AvgIpc) is 2.62. The molecule has 1 atom stereocenters. The summed E-state index contributed by atoms with van der Waals surface area (Å²) >= 11 is 5.42. The Kier molecular flexibility index (Phi) is 7.70. The van der Waals surface area contributed by atoms with Crippen LogP contribution < -0.4 is 20.3 Å². The predicted octanol–water partition coefficient (Wildman–Crippen LogP) is 1.59. The van der Waals surface area contributed by atoms with Crippen LogP contribution in [0.4, 0.5) is 0 Å². The fraction of sp³-hybridized carbons (Fsp3) is 0.350. The Bertz CT molecular complexity index is 661. The van der Waals surface area contributed by atoms with Crippen LogP contribution in [-0.2, 0) is 6.42 Å². The van der Waals surface area contributed by atoms with E-state index in [2.05, 4.69) is 61.1 Å². The van der Waals surface area contributed by atoms with Gasteiger partial charge in [-0.25, -0.2) is 0 Å². The zero-order valence-corrected chi connectivity index (χ0v) is 16.0. The standard InChI is InChI=1S/C20H27N3OS/c1-23(2)19(17-10-7-11-18(14-17)24-3)15-22-20(25)21-13-12-16-8-5-4-6-9-16/h4-11,14,19H,12-13,15H2,1-3H3,(H2,21,22,25)/p+1/t19-/m1/s1. The first kappa shape index (κ1) is 19.2. The summed E-state index contributed by atoms with van der Waals surface area (Å²) in [4.78, 5) is 1.34. The van der Waals surface area contributed by atoms with Crippen LogP contribution in [0.2, 0.25) is 0 Å². The molecule has 0 aromatic heterocycles. The number of likely N-dealkylation sites (N-methyl/N-ethyl adjacent to an activating group) is 1. The van der Waals surface area contributed by atoms with Crippen LogP contribution in [0.25, 0.3) is 0 Å². The van der Waals surface area contributed by atoms with Gasteiger partial charge in [-0.15, -0.1) is 0 Å². The Balaban J connectivity index is 1.82. The average molecular weight is 359 g/mol. The number of nitrogens with one attached hydrogen (secondary N) is 3. The molecule has 2 aromatic carbocycles. The fourth-order valence-electron chi connectivity index (χ4n) is 2.74. The van der Waals surface area contributed by atoms with E-state index >= 15 is 0 Å². The molecule has 2 rings (SSSR count). The van der Waals surface area contributed by atoms with E-state index in [1.165, 1.54) is 16.0 Å². The molecule has 0 fully saturated rings. The fourth-order valence-corrected chi connectivity index (χ4v) is 2.92. The third-order valence-electron chi connectivity index (χ3n) is 4.20. The molecule has 0 radical (unpaired) electrons. The van der Waals surface area contributed by atoms with Crippen molar-refractivity contribution in [2.45, 2.75) is 12.5 Å². The second kappa shape index (κ2) is 10.0. The normalized spacial score (nSPS) is 11.8. The molecule has 25 heavy (non-hydrogen) atoms. The molecule has 0 spiro atoms. The van der Waals surface area contributed by atoms with E-state index in [0.717, 1.165) is 25.3 Å². The second-order valence-corrected chi connectivity index (χ2v) is 6.69. The highest BCUT2D eigenvalue weighted by Gasteiger charge is 2.18.